The van der Waals surface area contributed by atoms with Gasteiger partial charge in [-0.05, 0) is 12.1 Å². The molecule has 1 heterocycles. The number of ether oxygens (including phenoxy) is 2. The summed E-state index contributed by atoms with van der Waals surface area (Å²) in [7, 11) is -1.52. The number of carbonyl (C=O) groups is 1. The Morgan fingerprint density at radius 3 is 2.52 bits per heavy atom. The highest BCUT2D eigenvalue weighted by Crippen LogP contribution is 2.19. The van der Waals surface area contributed by atoms with Gasteiger partial charge in [0, 0.05) is 6.20 Å². The van der Waals surface area contributed by atoms with E-state index in [0.717, 1.165) is 0 Å². The second-order valence-corrected chi connectivity index (χ2v) is 22.6. The van der Waals surface area contributed by atoms with Crippen LogP contribution in [0, 0.1) is 11.5 Å². The summed E-state index contributed by atoms with van der Waals surface area (Å²) in [5, 5.41) is 0. The molecule has 1 rings (SSSR count). The van der Waals surface area contributed by atoms with E-state index in [-0.39, 0.29) is 6.61 Å². The number of hydrogen-bond donors (Lipinski definition) is 0. The Bertz CT molecular complexity index is 568. The number of nitrogens with zero attached hydrogens (tertiary/aromatic N) is 1. The van der Waals surface area contributed by atoms with Gasteiger partial charge in [-0.3, -0.25) is 0 Å². The van der Waals surface area contributed by atoms with Crippen molar-refractivity contribution in [1.29, 1.82) is 0 Å². The zero-order valence-electron chi connectivity index (χ0n) is 13.6. The van der Waals surface area contributed by atoms with E-state index in [0.29, 0.717) is 11.4 Å². The normalized spacial score (nSPS) is 11.3. The summed E-state index contributed by atoms with van der Waals surface area (Å²) in [5.74, 6) is 3.26. The summed E-state index contributed by atoms with van der Waals surface area (Å²) in [5.41, 5.74) is 4.03. The van der Waals surface area contributed by atoms with Crippen molar-refractivity contribution < 1.29 is 14.3 Å². The fourth-order valence-corrected chi connectivity index (χ4v) is 3.32. The molecule has 0 saturated carbocycles. The maximum atomic E-state index is 11.2. The van der Waals surface area contributed by atoms with E-state index in [9.17, 15) is 4.79 Å². The van der Waals surface area contributed by atoms with Gasteiger partial charge in [0.05, 0.1) is 14.7 Å². The van der Waals surface area contributed by atoms with Crippen LogP contribution in [0.3, 0.4) is 0 Å². The average molecular weight is 322 g/mol. The van der Waals surface area contributed by atoms with E-state index >= 15 is 0 Å². The first-order valence-corrected chi connectivity index (χ1v) is 14.3. The highest BCUT2D eigenvalue weighted by Gasteiger charge is 2.35. The van der Waals surface area contributed by atoms with Gasteiger partial charge in [-0.1, -0.05) is 38.7 Å². The van der Waals surface area contributed by atoms with Crippen LogP contribution in [0.5, 0.6) is 5.75 Å². The molecule has 0 bridgehead atoms. The fraction of sp³-hybridized carbons (Fsp3) is 0.467. The van der Waals surface area contributed by atoms with E-state index in [4.69, 9.17) is 4.74 Å². The first-order valence-electron chi connectivity index (χ1n) is 6.85. The molecule has 1 aromatic rings. The Hall–Kier alpha value is -1.59. The largest absolute Gasteiger partial charge is 0.479 e. The maximum absolute atomic E-state index is 11.2. The van der Waals surface area contributed by atoms with E-state index in [2.05, 4.69) is 53.9 Å². The highest BCUT2D eigenvalue weighted by atomic mass is 29.3. The average Bonchev–Trinajstić information content (AvgIpc) is 2.42. The lowest BCUT2D eigenvalue weighted by Crippen LogP contribution is -2.51. The molecule has 21 heavy (non-hydrogen) atoms. The van der Waals surface area contributed by atoms with E-state index in [1.165, 1.54) is 7.11 Å². The zero-order chi connectivity index (χ0) is 16.1. The van der Waals surface area contributed by atoms with Crippen molar-refractivity contribution in [2.75, 3.05) is 13.7 Å². The van der Waals surface area contributed by atoms with E-state index in [1.54, 1.807) is 18.3 Å². The fourth-order valence-electron chi connectivity index (χ4n) is 1.20. The molecule has 1 aromatic heterocycles. The van der Waals surface area contributed by atoms with Crippen molar-refractivity contribution in [3.63, 3.8) is 0 Å². The van der Waals surface area contributed by atoms with Crippen LogP contribution < -0.4 is 4.74 Å². The summed E-state index contributed by atoms with van der Waals surface area (Å²) in [6.45, 7) is 11.5. The van der Waals surface area contributed by atoms with Crippen LogP contribution in [0.2, 0.25) is 32.7 Å². The summed E-state index contributed by atoms with van der Waals surface area (Å²) >= 11 is 0. The van der Waals surface area contributed by atoms with Crippen LogP contribution in [-0.4, -0.2) is 39.9 Å². The van der Waals surface area contributed by atoms with E-state index in [1.807, 2.05) is 0 Å². The van der Waals surface area contributed by atoms with Gasteiger partial charge in [-0.25, -0.2) is 9.78 Å². The number of hydrogen-bond acceptors (Lipinski definition) is 4. The van der Waals surface area contributed by atoms with Crippen molar-refractivity contribution in [3.8, 4) is 17.2 Å². The van der Waals surface area contributed by atoms with E-state index < -0.39 is 21.2 Å². The van der Waals surface area contributed by atoms with Crippen LogP contribution in [0.25, 0.3) is 0 Å². The van der Waals surface area contributed by atoms with Crippen LogP contribution in [0.4, 0.5) is 0 Å². The second-order valence-electron chi connectivity index (χ2n) is 6.34. The first-order chi connectivity index (χ1) is 9.67. The zero-order valence-corrected chi connectivity index (χ0v) is 15.6. The van der Waals surface area contributed by atoms with Crippen LogP contribution >= 0.6 is 0 Å². The number of pyridine rings is 1. The SMILES string of the molecule is COC(=O)COc1cccnc1C#C[Si](C)(C)[Si](C)(C)C. The molecule has 0 saturated heterocycles. The summed E-state index contributed by atoms with van der Waals surface area (Å²) in [4.78, 5) is 15.4. The second kappa shape index (κ2) is 6.92. The number of rotatable bonds is 4. The molecule has 0 spiro atoms. The van der Waals surface area contributed by atoms with Crippen LogP contribution in [-0.2, 0) is 9.53 Å². The van der Waals surface area contributed by atoms with Gasteiger partial charge in [-0.2, -0.15) is 0 Å². The van der Waals surface area contributed by atoms with Gasteiger partial charge in [-0.15, -0.1) is 5.54 Å². The molecule has 6 heteroatoms. The Kier molecular flexibility index (Phi) is 5.75. The summed E-state index contributed by atoms with van der Waals surface area (Å²) < 4.78 is 9.99. The van der Waals surface area contributed by atoms with Crippen molar-refractivity contribution in [2.24, 2.45) is 0 Å². The molecule has 0 aliphatic rings. The maximum Gasteiger partial charge on any atom is 0.343 e. The van der Waals surface area contributed by atoms with Gasteiger partial charge in [0.25, 0.3) is 0 Å². The topological polar surface area (TPSA) is 48.4 Å². The quantitative estimate of drug-likeness (QED) is 0.486. The lowest BCUT2D eigenvalue weighted by molar-refractivity contribution is -0.142. The summed E-state index contributed by atoms with van der Waals surface area (Å²) in [6, 6.07) is 3.53. The van der Waals surface area contributed by atoms with Gasteiger partial charge in [0.2, 0.25) is 0 Å². The predicted octanol–water partition coefficient (Wildman–Crippen LogP) is 2.65. The smallest absolute Gasteiger partial charge is 0.343 e. The molecule has 0 radical (unpaired) electrons. The molecule has 4 nitrogen and oxygen atoms in total. The molecular formula is C15H23NO3Si2. The van der Waals surface area contributed by atoms with Gasteiger partial charge >= 0.3 is 5.97 Å². The van der Waals surface area contributed by atoms with Gasteiger partial charge in [0.15, 0.2) is 18.1 Å². The third-order valence-corrected chi connectivity index (χ3v) is 19.8. The summed E-state index contributed by atoms with van der Waals surface area (Å²) in [6.07, 6.45) is 1.68. The monoisotopic (exact) mass is 321 g/mol. The van der Waals surface area contributed by atoms with Gasteiger partial charge in [0.1, 0.15) is 7.59 Å². The van der Waals surface area contributed by atoms with Crippen molar-refractivity contribution in [1.82, 2.24) is 4.98 Å². The Labute approximate surface area is 128 Å². The molecule has 0 atom stereocenters. The first kappa shape index (κ1) is 17.5. The Balaban J connectivity index is 2.98. The Morgan fingerprint density at radius 1 is 1.29 bits per heavy atom. The van der Waals surface area contributed by atoms with Crippen LogP contribution in [0.1, 0.15) is 5.69 Å². The lowest BCUT2D eigenvalue weighted by Gasteiger charge is -2.29. The highest BCUT2D eigenvalue weighted by molar-refractivity contribution is 7.43. The number of methoxy groups -OCH3 is 1. The molecule has 0 unspecified atom stereocenters. The minimum atomic E-state index is -1.57. The van der Waals surface area contributed by atoms with Crippen LogP contribution in [0.15, 0.2) is 18.3 Å². The van der Waals surface area contributed by atoms with Crippen molar-refractivity contribution in [2.45, 2.75) is 32.7 Å². The standard InChI is InChI=1S/C15H23NO3Si2/c1-18-15(17)12-19-14-8-7-10-16-13(14)9-11-21(5,6)20(2,3)4/h7-8,10H,12H2,1-6H3. The Morgan fingerprint density at radius 2 is 1.95 bits per heavy atom. The van der Waals surface area contributed by atoms with Gasteiger partial charge < -0.3 is 9.47 Å². The molecule has 0 aliphatic carbocycles. The molecule has 0 N–H and O–H groups in total. The molecule has 0 amide bonds. The molecule has 0 fully saturated rings. The van der Waals surface area contributed by atoms with Crippen molar-refractivity contribution >= 4 is 21.2 Å². The number of carbonyl (C=O) groups excluding carboxylic acids is 1. The molecule has 114 valence electrons. The lowest BCUT2D eigenvalue weighted by atomic mass is 10.3. The van der Waals surface area contributed by atoms with Crippen molar-refractivity contribution in [3.05, 3.63) is 24.0 Å². The molecule has 0 aliphatic heterocycles. The third-order valence-electron chi connectivity index (χ3n) is 3.71. The number of esters is 1. The minimum absolute atomic E-state index is 0.133. The molecule has 0 aromatic carbocycles. The molecular weight excluding hydrogens is 298 g/mol. The third kappa shape index (κ3) is 5.03. The minimum Gasteiger partial charge on any atom is -0.479 e. The predicted molar refractivity (Wildman–Crippen MR) is 89.5 cm³/mol. The number of aromatic nitrogens is 1.